The number of carbonyl (C=O) groups is 8. The molecule has 26 nitrogen and oxygen atoms in total. The minimum atomic E-state index is -2.47. The molecular weight excluding hydrogens is 1310 g/mol. The van der Waals surface area contributed by atoms with E-state index in [-0.39, 0.29) is 78.6 Å². The maximum absolute atomic E-state index is 13.0. The number of thioether (sulfide) groups is 2. The van der Waals surface area contributed by atoms with E-state index in [1.165, 1.54) is 23.5 Å². The van der Waals surface area contributed by atoms with Crippen LogP contribution in [-0.2, 0) is 60.6 Å². The smallest absolute Gasteiger partial charge is 0.477 e. The zero-order chi connectivity index (χ0) is 69.4. The van der Waals surface area contributed by atoms with E-state index < -0.39 is 134 Å². The summed E-state index contributed by atoms with van der Waals surface area (Å²) in [6.45, 7) is 1.63. The molecule has 518 valence electrons. The maximum Gasteiger partial charge on any atom is 1.00 e. The average molecular weight is 1390 g/mol. The number of hydrogen-bond donors (Lipinski definition) is 14. The summed E-state index contributed by atoms with van der Waals surface area (Å²) in [5.74, 6) is -9.07. The van der Waals surface area contributed by atoms with Crippen molar-refractivity contribution in [2.45, 2.75) is 125 Å². The molecule has 0 saturated carbocycles. The summed E-state index contributed by atoms with van der Waals surface area (Å²) >= 11 is 2.91. The number of aliphatic hydroxyl groups is 6. The molecule has 2 unspecified atom stereocenters. The second-order valence-electron chi connectivity index (χ2n) is 23.2. The van der Waals surface area contributed by atoms with Crippen LogP contribution in [0.4, 0.5) is 0 Å². The molecule has 2 heterocycles. The van der Waals surface area contributed by atoms with Crippen molar-refractivity contribution in [1.82, 2.24) is 31.9 Å². The van der Waals surface area contributed by atoms with Crippen LogP contribution in [0.5, 0.6) is 0 Å². The van der Waals surface area contributed by atoms with Crippen LogP contribution >= 0.6 is 23.5 Å². The van der Waals surface area contributed by atoms with E-state index in [4.69, 9.17) is 18.9 Å². The molecule has 29 heteroatoms. The van der Waals surface area contributed by atoms with Gasteiger partial charge in [-0.2, -0.15) is 23.5 Å². The van der Waals surface area contributed by atoms with E-state index in [2.05, 4.69) is 31.9 Å². The Balaban J connectivity index is 0.0000149. The Morgan fingerprint density at radius 2 is 0.835 bits per heavy atom. The zero-order valence-corrected chi connectivity index (χ0v) is 57.7. The minimum Gasteiger partial charge on any atom is -0.477 e. The van der Waals surface area contributed by atoms with Crippen molar-refractivity contribution in [3.05, 3.63) is 156 Å². The molecule has 97 heavy (non-hydrogen) atoms. The fraction of sp³-hybridized carbons (Fsp3) is 0.441. The number of carboxylic acid groups (broad SMARTS) is 2. The molecule has 7 rings (SSSR count). The maximum atomic E-state index is 13.0. The SMILES string of the molecule is CC(=O)N[C@@H]1[C@@H](O)C[C@](OCCCSCCNC(=O)Cc2ccc(CC(=O)NCCSCCCO[C@]3(C(=O)O)C[C@H](O)[C@@H](NC(C)=O)[C@H](C(O)[C@H](O)CNC(=O)c4ccc(-c5ccccc5)cc4)O3)cc2)(C(=O)O)O[C@H]1C(O)[C@H](O)CNC(=O)c1ccc(-c2ccccc2)cc1.[Na+]. The largest absolute Gasteiger partial charge is 1.00 e. The number of aliphatic carboxylic acids is 2. The number of hydrogen-bond acceptors (Lipinski definition) is 20. The van der Waals surface area contributed by atoms with Gasteiger partial charge in [-0.25, -0.2) is 9.59 Å². The molecule has 0 bridgehead atoms. The summed E-state index contributed by atoms with van der Waals surface area (Å²) in [5.41, 5.74) is 5.63. The third-order valence-electron chi connectivity index (χ3n) is 15.9. The van der Waals surface area contributed by atoms with Crippen molar-refractivity contribution in [2.75, 3.05) is 62.4 Å². The number of nitrogens with one attached hydrogen (secondary N) is 6. The average Bonchev–Trinajstić information content (AvgIpc) is 0.777. The molecule has 2 aliphatic rings. The van der Waals surface area contributed by atoms with E-state index in [1.54, 1.807) is 72.8 Å². The van der Waals surface area contributed by atoms with Crippen molar-refractivity contribution < 1.29 is 128 Å². The van der Waals surface area contributed by atoms with E-state index in [0.717, 1.165) is 47.2 Å². The normalized spacial score (nSPS) is 21.8. The van der Waals surface area contributed by atoms with Gasteiger partial charge in [0.05, 0.1) is 62.6 Å². The van der Waals surface area contributed by atoms with Crippen molar-refractivity contribution >= 4 is 70.9 Å². The molecule has 5 aromatic carbocycles. The van der Waals surface area contributed by atoms with Crippen LogP contribution in [0.1, 0.15) is 71.4 Å². The zero-order valence-electron chi connectivity index (χ0n) is 54.1. The summed E-state index contributed by atoms with van der Waals surface area (Å²) < 4.78 is 23.2. The molecule has 5 aromatic rings. The molecule has 14 N–H and O–H groups in total. The summed E-state index contributed by atoms with van der Waals surface area (Å²) in [4.78, 5) is 101. The summed E-state index contributed by atoms with van der Waals surface area (Å²) in [7, 11) is 0. The van der Waals surface area contributed by atoms with Gasteiger partial charge in [0, 0.05) is 75.5 Å². The van der Waals surface area contributed by atoms with E-state index in [9.17, 15) is 79.2 Å². The first-order chi connectivity index (χ1) is 46.0. The first-order valence-corrected chi connectivity index (χ1v) is 33.7. The summed E-state index contributed by atoms with van der Waals surface area (Å²) in [6.07, 6.45) is -14.4. The van der Waals surface area contributed by atoms with Crippen LogP contribution in [0.15, 0.2) is 133 Å². The van der Waals surface area contributed by atoms with Crippen LogP contribution in [0, 0.1) is 0 Å². The third-order valence-corrected chi connectivity index (χ3v) is 18.0. The first-order valence-electron chi connectivity index (χ1n) is 31.3. The second-order valence-corrected chi connectivity index (χ2v) is 25.6. The predicted octanol–water partition coefficient (Wildman–Crippen LogP) is -1.20. The van der Waals surface area contributed by atoms with Crippen molar-refractivity contribution in [3.63, 3.8) is 0 Å². The quantitative estimate of drug-likeness (QED) is 0.0165. The fourth-order valence-corrected chi connectivity index (χ4v) is 12.4. The monoisotopic (exact) mass is 1390 g/mol. The van der Waals surface area contributed by atoms with Gasteiger partial charge in [0.25, 0.3) is 23.4 Å². The molecular formula is C68H84N6NaO20S2+. The van der Waals surface area contributed by atoms with Crippen molar-refractivity contribution in [3.8, 4) is 22.3 Å². The molecule has 2 aliphatic heterocycles. The Kier molecular flexibility index (Phi) is 31.9. The van der Waals surface area contributed by atoms with Crippen LogP contribution in [0.3, 0.4) is 0 Å². The first kappa shape index (κ1) is 79.1. The Bertz CT molecular complexity index is 3150. The molecule has 2 fully saturated rings. The molecule has 2 saturated heterocycles. The minimum absolute atomic E-state index is 0. The van der Waals surface area contributed by atoms with Crippen molar-refractivity contribution in [2.24, 2.45) is 0 Å². The molecule has 12 atom stereocenters. The third kappa shape index (κ3) is 23.7. The number of ether oxygens (including phenoxy) is 4. The van der Waals surface area contributed by atoms with Crippen molar-refractivity contribution in [1.29, 1.82) is 0 Å². The van der Waals surface area contributed by atoms with Crippen LogP contribution < -0.4 is 61.5 Å². The molecule has 0 radical (unpaired) electrons. The Morgan fingerprint density at radius 1 is 0.495 bits per heavy atom. The van der Waals surface area contributed by atoms with Crippen LogP contribution in [0.25, 0.3) is 22.3 Å². The molecule has 0 aromatic heterocycles. The van der Waals surface area contributed by atoms with E-state index >= 15 is 0 Å². The predicted molar refractivity (Wildman–Crippen MR) is 355 cm³/mol. The Labute approximate surface area is 592 Å². The van der Waals surface area contributed by atoms with Gasteiger partial charge in [-0.05, 0) is 82.0 Å². The van der Waals surface area contributed by atoms with Gasteiger partial charge < -0.3 is 91.7 Å². The van der Waals surface area contributed by atoms with Gasteiger partial charge in [0.1, 0.15) is 24.4 Å². The van der Waals surface area contributed by atoms with Gasteiger partial charge in [0.2, 0.25) is 23.6 Å². The second kappa shape index (κ2) is 39.1. The molecule has 0 spiro atoms. The van der Waals surface area contributed by atoms with E-state index in [1.807, 2.05) is 60.7 Å². The topological polar surface area (TPSA) is 408 Å². The van der Waals surface area contributed by atoms with E-state index in [0.29, 0.717) is 48.9 Å². The van der Waals surface area contributed by atoms with Crippen LogP contribution in [-0.4, -0.2) is 223 Å². The van der Waals surface area contributed by atoms with Gasteiger partial charge in [0.15, 0.2) is 0 Å². The number of benzene rings is 5. The van der Waals surface area contributed by atoms with Gasteiger partial charge in [-0.15, -0.1) is 0 Å². The van der Waals surface area contributed by atoms with Gasteiger partial charge in [-0.3, -0.25) is 28.8 Å². The van der Waals surface area contributed by atoms with Gasteiger partial charge in [-0.1, -0.05) is 109 Å². The Hall–Kier alpha value is -6.84. The molecule has 6 amide bonds. The standard InChI is InChI=1S/C68H84N6O20S2.Na/c1-41(75)73-57-51(77)37-67(65(87)88,93-61(57)59(83)53(79)39-71-63(85)49-23-19-47(20-24-49)45-11-5-3-6-12-45)91-29-9-31-95-33-27-69-55(81)35-43-15-17-44(18-16-43)36-56(82)70-28-34-96-32-10-30-92-68(66(89)90)38-52(78)58(74-42(2)76)62(94-68)60(84)54(80)40-72-64(86)50-25-21-48(22-26-50)46-13-7-4-8-14-46;/h3-8,11-26,51-54,57-62,77-80,83-84H,9-10,27-40H2,1-2H3,(H,69,81)(H,70,82)(H,71,85)(H,72,86)(H,73,75)(H,74,76)(H,87,88)(H,89,90);/q;+1/t51-,52-,53+,54+,57+,58+,59?,60?,61+,62+,67+,68+;/m0./s1. The number of carboxylic acids is 2. The van der Waals surface area contributed by atoms with Crippen LogP contribution in [0.2, 0.25) is 0 Å². The number of rotatable bonds is 36. The number of aliphatic hydroxyl groups excluding tert-OH is 6. The Morgan fingerprint density at radius 3 is 1.16 bits per heavy atom. The summed E-state index contributed by atoms with van der Waals surface area (Å²) in [6, 6.07) is 36.7. The fourth-order valence-electron chi connectivity index (χ4n) is 10.9. The number of carbonyl (C=O) groups excluding carboxylic acids is 6. The molecule has 0 aliphatic carbocycles. The van der Waals surface area contributed by atoms with Gasteiger partial charge >= 0.3 is 41.5 Å². The number of amides is 6. The summed E-state index contributed by atoms with van der Waals surface area (Å²) in [5, 5.41) is 103.